The Morgan fingerprint density at radius 1 is 1.07 bits per heavy atom. The van der Waals surface area contributed by atoms with E-state index in [4.69, 9.17) is 27.9 Å². The number of anilines is 1. The number of carbonyl (C=O) groups excluding carboxylic acids is 2. The van der Waals surface area contributed by atoms with E-state index in [0.29, 0.717) is 42.6 Å². The molecule has 2 saturated heterocycles. The van der Waals surface area contributed by atoms with Gasteiger partial charge in [0.05, 0.1) is 15.7 Å². The number of carbonyl (C=O) groups is 2. The molecule has 2 aliphatic heterocycles. The molecule has 2 fully saturated rings. The van der Waals surface area contributed by atoms with Crippen molar-refractivity contribution < 1.29 is 14.3 Å². The molecule has 1 aromatic rings. The lowest BCUT2D eigenvalue weighted by Gasteiger charge is -2.41. The average molecular weight is 428 g/mol. The number of amides is 2. The van der Waals surface area contributed by atoms with Crippen LogP contribution in [0.25, 0.3) is 0 Å². The van der Waals surface area contributed by atoms with Crippen LogP contribution in [0.1, 0.15) is 27.2 Å². The quantitative estimate of drug-likeness (QED) is 0.733. The van der Waals surface area contributed by atoms with Crippen molar-refractivity contribution in [2.45, 2.75) is 32.8 Å². The molecule has 0 spiro atoms. The summed E-state index contributed by atoms with van der Waals surface area (Å²) in [4.78, 5) is 30.3. The van der Waals surface area contributed by atoms with Crippen molar-refractivity contribution in [1.82, 2.24) is 9.80 Å². The van der Waals surface area contributed by atoms with Crippen molar-refractivity contribution in [2.75, 3.05) is 44.2 Å². The zero-order valence-electron chi connectivity index (χ0n) is 16.6. The van der Waals surface area contributed by atoms with Crippen molar-refractivity contribution >= 4 is 40.9 Å². The van der Waals surface area contributed by atoms with Gasteiger partial charge in [0.2, 0.25) is 5.91 Å². The fraction of sp³-hybridized carbons (Fsp3) is 0.600. The third-order valence-electron chi connectivity index (χ3n) is 4.98. The number of rotatable bonds is 3. The number of hydrogen-bond acceptors (Lipinski definition) is 4. The summed E-state index contributed by atoms with van der Waals surface area (Å²) in [5.74, 6) is 0.353. The SMILES string of the molecule is CC(C)(C)OC(=O)N1CC(CC(=O)N2CCN(c3cccc(Cl)c3Cl)CC2)C1. The molecule has 0 aliphatic carbocycles. The third-order valence-corrected chi connectivity index (χ3v) is 5.79. The summed E-state index contributed by atoms with van der Waals surface area (Å²) in [7, 11) is 0. The summed E-state index contributed by atoms with van der Waals surface area (Å²) in [6.07, 6.45) is 0.167. The molecule has 2 aliphatic rings. The maximum atomic E-state index is 12.6. The summed E-state index contributed by atoms with van der Waals surface area (Å²) in [5, 5.41) is 1.10. The molecule has 8 heteroatoms. The van der Waals surface area contributed by atoms with Crippen LogP contribution in [0.4, 0.5) is 10.5 Å². The molecule has 0 unspecified atom stereocenters. The Labute approximate surface area is 176 Å². The van der Waals surface area contributed by atoms with E-state index in [1.165, 1.54) is 0 Å². The standard InChI is InChI=1S/C20H27Cl2N3O3/c1-20(2,3)28-19(27)25-12-14(13-25)11-17(26)24-9-7-23(8-10-24)16-6-4-5-15(21)18(16)22/h4-6,14H,7-13H2,1-3H3. The molecule has 2 amide bonds. The lowest BCUT2D eigenvalue weighted by atomic mass is 9.96. The Morgan fingerprint density at radius 3 is 2.32 bits per heavy atom. The van der Waals surface area contributed by atoms with Crippen LogP contribution in [0.2, 0.25) is 10.0 Å². The molecule has 6 nitrogen and oxygen atoms in total. The van der Waals surface area contributed by atoms with Crippen LogP contribution in [0, 0.1) is 5.92 Å². The summed E-state index contributed by atoms with van der Waals surface area (Å²) < 4.78 is 5.35. The van der Waals surface area contributed by atoms with Crippen LogP contribution in [0.15, 0.2) is 18.2 Å². The van der Waals surface area contributed by atoms with E-state index < -0.39 is 5.60 Å². The van der Waals surface area contributed by atoms with E-state index in [-0.39, 0.29) is 17.9 Å². The van der Waals surface area contributed by atoms with Crippen LogP contribution in [0.3, 0.4) is 0 Å². The molecule has 3 rings (SSSR count). The van der Waals surface area contributed by atoms with Crippen LogP contribution in [-0.4, -0.2) is 66.7 Å². The van der Waals surface area contributed by atoms with E-state index in [2.05, 4.69) is 4.90 Å². The minimum Gasteiger partial charge on any atom is -0.444 e. The van der Waals surface area contributed by atoms with Gasteiger partial charge in [0.15, 0.2) is 0 Å². The Bertz CT molecular complexity index is 737. The molecule has 28 heavy (non-hydrogen) atoms. The second-order valence-electron chi connectivity index (χ2n) is 8.40. The van der Waals surface area contributed by atoms with Crippen molar-refractivity contribution in [3.8, 4) is 0 Å². The van der Waals surface area contributed by atoms with Gasteiger partial charge in [-0.3, -0.25) is 4.79 Å². The van der Waals surface area contributed by atoms with Gasteiger partial charge in [0.25, 0.3) is 0 Å². The molecular weight excluding hydrogens is 401 g/mol. The molecule has 0 bridgehead atoms. The largest absolute Gasteiger partial charge is 0.444 e. The van der Waals surface area contributed by atoms with Crippen molar-refractivity contribution in [1.29, 1.82) is 0 Å². The zero-order chi connectivity index (χ0) is 20.5. The number of benzene rings is 1. The first-order valence-corrected chi connectivity index (χ1v) is 10.3. The first-order valence-electron chi connectivity index (χ1n) is 9.58. The molecular formula is C20H27Cl2N3O3. The van der Waals surface area contributed by atoms with Gasteiger partial charge in [-0.15, -0.1) is 0 Å². The van der Waals surface area contributed by atoms with Gasteiger partial charge in [-0.25, -0.2) is 4.79 Å². The molecule has 0 aromatic heterocycles. The van der Waals surface area contributed by atoms with E-state index in [9.17, 15) is 9.59 Å². The van der Waals surface area contributed by atoms with E-state index in [0.717, 1.165) is 18.8 Å². The number of hydrogen-bond donors (Lipinski definition) is 0. The van der Waals surface area contributed by atoms with Crippen molar-refractivity contribution in [3.63, 3.8) is 0 Å². The molecule has 0 radical (unpaired) electrons. The highest BCUT2D eigenvalue weighted by Crippen LogP contribution is 2.33. The van der Waals surface area contributed by atoms with E-state index in [1.807, 2.05) is 37.8 Å². The average Bonchev–Trinajstić information content (AvgIpc) is 2.58. The van der Waals surface area contributed by atoms with Crippen LogP contribution >= 0.6 is 23.2 Å². The van der Waals surface area contributed by atoms with Gasteiger partial charge in [-0.05, 0) is 32.9 Å². The minimum atomic E-state index is -0.496. The van der Waals surface area contributed by atoms with Crippen LogP contribution < -0.4 is 4.90 Å². The fourth-order valence-electron chi connectivity index (χ4n) is 3.48. The predicted molar refractivity (Wildman–Crippen MR) is 111 cm³/mol. The van der Waals surface area contributed by atoms with Gasteiger partial charge < -0.3 is 19.4 Å². The first kappa shape index (κ1) is 21.1. The molecule has 1 aromatic carbocycles. The van der Waals surface area contributed by atoms with Gasteiger partial charge in [-0.2, -0.15) is 0 Å². The lowest BCUT2D eigenvalue weighted by molar-refractivity contribution is -0.133. The predicted octanol–water partition coefficient (Wildman–Crippen LogP) is 3.90. The Balaban J connectivity index is 1.43. The first-order chi connectivity index (χ1) is 13.1. The van der Waals surface area contributed by atoms with E-state index >= 15 is 0 Å². The normalized spacial score (nSPS) is 18.1. The second-order valence-corrected chi connectivity index (χ2v) is 9.18. The van der Waals surface area contributed by atoms with Gasteiger partial charge in [0.1, 0.15) is 5.60 Å². The summed E-state index contributed by atoms with van der Waals surface area (Å²) in [6.45, 7) is 9.47. The smallest absolute Gasteiger partial charge is 0.410 e. The van der Waals surface area contributed by atoms with Gasteiger partial charge in [0, 0.05) is 51.6 Å². The number of likely N-dealkylation sites (tertiary alicyclic amines) is 1. The summed E-state index contributed by atoms with van der Waals surface area (Å²) >= 11 is 12.4. The number of nitrogens with zero attached hydrogens (tertiary/aromatic N) is 3. The highest BCUT2D eigenvalue weighted by atomic mass is 35.5. The molecule has 0 N–H and O–H groups in total. The second kappa shape index (κ2) is 8.37. The Hall–Kier alpha value is -1.66. The maximum Gasteiger partial charge on any atom is 0.410 e. The van der Waals surface area contributed by atoms with Crippen molar-refractivity contribution in [3.05, 3.63) is 28.2 Å². The highest BCUT2D eigenvalue weighted by Gasteiger charge is 2.36. The minimum absolute atomic E-state index is 0.144. The van der Waals surface area contributed by atoms with Crippen LogP contribution in [0.5, 0.6) is 0 Å². The third kappa shape index (κ3) is 5.03. The molecule has 2 heterocycles. The maximum absolute atomic E-state index is 12.6. The topological polar surface area (TPSA) is 53.1 Å². The van der Waals surface area contributed by atoms with Gasteiger partial charge in [-0.1, -0.05) is 29.3 Å². The monoisotopic (exact) mass is 427 g/mol. The molecule has 154 valence electrons. The number of halogens is 2. The molecule has 0 atom stereocenters. The lowest BCUT2D eigenvalue weighted by Crippen LogP contribution is -2.54. The Kier molecular flexibility index (Phi) is 6.30. The zero-order valence-corrected chi connectivity index (χ0v) is 18.1. The Morgan fingerprint density at radius 2 is 1.71 bits per heavy atom. The molecule has 0 saturated carbocycles. The summed E-state index contributed by atoms with van der Waals surface area (Å²) in [5.41, 5.74) is 0.414. The number of piperazine rings is 1. The van der Waals surface area contributed by atoms with Crippen LogP contribution in [-0.2, 0) is 9.53 Å². The fourth-order valence-corrected chi connectivity index (χ4v) is 3.90. The van der Waals surface area contributed by atoms with Crippen molar-refractivity contribution in [2.24, 2.45) is 5.92 Å². The number of ether oxygens (including phenoxy) is 1. The summed E-state index contributed by atoms with van der Waals surface area (Å²) in [6, 6.07) is 5.60. The van der Waals surface area contributed by atoms with Gasteiger partial charge >= 0.3 is 6.09 Å². The highest BCUT2D eigenvalue weighted by molar-refractivity contribution is 6.43. The van der Waals surface area contributed by atoms with E-state index in [1.54, 1.807) is 11.0 Å².